The Morgan fingerprint density at radius 3 is 1.11 bits per heavy atom. The third-order valence-corrected chi connectivity index (χ3v) is 3.36. The van der Waals surface area contributed by atoms with Gasteiger partial charge in [0.05, 0.1) is 0 Å². The van der Waals surface area contributed by atoms with Crippen molar-refractivity contribution >= 4 is 123 Å². The fraction of sp³-hybridized carbons (Fsp3) is 0. The molecule has 8 nitrogen and oxygen atoms in total. The van der Waals surface area contributed by atoms with Crippen molar-refractivity contribution < 1.29 is 36.2 Å². The van der Waals surface area contributed by atoms with Crippen molar-refractivity contribution in [1.29, 1.82) is 0 Å². The van der Waals surface area contributed by atoms with Crippen LogP contribution in [0.15, 0.2) is 21.9 Å². The molecule has 4 N–H and O–H groups in total. The number of benzene rings is 1. The summed E-state index contributed by atoms with van der Waals surface area (Å²) in [6.07, 6.45) is 0. The summed E-state index contributed by atoms with van der Waals surface area (Å²) in [5.41, 5.74) is 0. The zero-order valence-electron chi connectivity index (χ0n) is 9.39. The Kier molecular flexibility index (Phi) is 9.61. The van der Waals surface area contributed by atoms with Gasteiger partial charge in [-0.05, 0) is 0 Å². The van der Waals surface area contributed by atoms with Crippen molar-refractivity contribution in [3.8, 4) is 11.5 Å². The molecule has 0 aliphatic carbocycles. The molecule has 0 aliphatic heterocycles. The number of aromatic hydroxyl groups is 2. The van der Waals surface area contributed by atoms with Crippen molar-refractivity contribution in [3.05, 3.63) is 12.1 Å². The summed E-state index contributed by atoms with van der Waals surface area (Å²) in [7, 11) is -9.61. The van der Waals surface area contributed by atoms with Crippen molar-refractivity contribution in [2.45, 2.75) is 9.79 Å². The molecule has 0 saturated carbocycles. The quantitative estimate of drug-likeness (QED) is 0.297. The van der Waals surface area contributed by atoms with E-state index in [4.69, 9.17) is 19.3 Å². The van der Waals surface area contributed by atoms with E-state index >= 15 is 0 Å². The third-order valence-electron chi connectivity index (χ3n) is 1.60. The Labute approximate surface area is 188 Å². The second kappa shape index (κ2) is 7.79. The van der Waals surface area contributed by atoms with E-state index in [0.29, 0.717) is 12.1 Å². The van der Waals surface area contributed by atoms with Gasteiger partial charge in [-0.3, -0.25) is 9.11 Å². The minimum atomic E-state index is -4.80. The second-order valence-electron chi connectivity index (χ2n) is 2.74. The van der Waals surface area contributed by atoms with Crippen molar-refractivity contribution in [2.24, 2.45) is 0 Å². The van der Waals surface area contributed by atoms with Crippen LogP contribution in [-0.2, 0) is 20.2 Å². The molecule has 0 spiro atoms. The predicted octanol–water partition coefficient (Wildman–Crippen LogP) is -1.17. The van der Waals surface area contributed by atoms with Crippen LogP contribution >= 0.6 is 0 Å². The first-order valence-electron chi connectivity index (χ1n) is 3.54. The molecular weight excluding hydrogens is 342 g/mol. The smallest absolute Gasteiger partial charge is 0.298 e. The summed E-state index contributed by atoms with van der Waals surface area (Å²) in [4.78, 5) is -2.14. The molecule has 18 heavy (non-hydrogen) atoms. The number of hydrogen-bond donors (Lipinski definition) is 4. The largest absolute Gasteiger partial charge is 0.506 e. The van der Waals surface area contributed by atoms with Gasteiger partial charge in [0.1, 0.15) is 21.3 Å². The first-order valence-corrected chi connectivity index (χ1v) is 6.42. The molecule has 2 radical (unpaired) electrons. The van der Waals surface area contributed by atoms with Crippen LogP contribution in [0.2, 0.25) is 0 Å². The average Bonchev–Trinajstić information content (AvgIpc) is 2.04. The van der Waals surface area contributed by atoms with Gasteiger partial charge >= 0.3 is 0 Å². The molecule has 0 heterocycles. The number of phenols is 2. The van der Waals surface area contributed by atoms with Crippen LogP contribution in [0.4, 0.5) is 0 Å². The Balaban J connectivity index is 0. The molecule has 1 aromatic rings. The molecule has 1 aromatic carbocycles. The summed E-state index contributed by atoms with van der Waals surface area (Å²) >= 11 is 0. The predicted molar refractivity (Wildman–Crippen MR) is 60.9 cm³/mol. The van der Waals surface area contributed by atoms with Gasteiger partial charge < -0.3 is 10.2 Å². The van der Waals surface area contributed by atoms with Gasteiger partial charge in [0, 0.05) is 115 Å². The Morgan fingerprint density at radius 2 is 0.944 bits per heavy atom. The van der Waals surface area contributed by atoms with E-state index in [2.05, 4.69) is 0 Å². The molecule has 0 saturated heterocycles. The van der Waals surface area contributed by atoms with Gasteiger partial charge in [-0.15, -0.1) is 0 Å². The molecule has 0 amide bonds. The van der Waals surface area contributed by atoms with Crippen LogP contribution in [0.1, 0.15) is 0 Å². The van der Waals surface area contributed by atoms with Crippen LogP contribution in [0.25, 0.3) is 0 Å². The Hall–Kier alpha value is 1.91. The maximum absolute atomic E-state index is 10.6. The Morgan fingerprint density at radius 1 is 0.722 bits per heavy atom. The molecule has 92 valence electrons. The molecule has 0 unspecified atom stereocenters. The zero-order valence-corrected chi connectivity index (χ0v) is 17.3. The molecule has 0 bridgehead atoms. The van der Waals surface area contributed by atoms with Crippen LogP contribution < -0.4 is 0 Å². The van der Waals surface area contributed by atoms with Crippen molar-refractivity contribution in [1.82, 2.24) is 0 Å². The van der Waals surface area contributed by atoms with Crippen LogP contribution in [0, 0.1) is 0 Å². The van der Waals surface area contributed by atoms with Crippen LogP contribution in [0.5, 0.6) is 11.5 Å². The summed E-state index contributed by atoms with van der Waals surface area (Å²) in [6.45, 7) is 0. The maximum Gasteiger partial charge on any atom is 0.298 e. The molecule has 0 atom stereocenters. The standard InChI is InChI=1S/C6H6O8S2.2K/c7-3-1-5(15(9,10)11)4(8)2-6(3)16(12,13)14;;/h1-2,7-8H,(H,9,10,11)(H,12,13,14);;. The van der Waals surface area contributed by atoms with Crippen molar-refractivity contribution in [3.63, 3.8) is 0 Å². The van der Waals surface area contributed by atoms with Gasteiger partial charge in [0.25, 0.3) is 20.2 Å². The monoisotopic (exact) mass is 348 g/mol. The van der Waals surface area contributed by atoms with E-state index in [9.17, 15) is 16.8 Å². The average molecular weight is 348 g/mol. The fourth-order valence-electron chi connectivity index (χ4n) is 0.952. The number of hydrogen-bond acceptors (Lipinski definition) is 6. The van der Waals surface area contributed by atoms with Gasteiger partial charge in [-0.1, -0.05) is 0 Å². The fourth-order valence-corrected chi connectivity index (χ4v) is 2.12. The molecule has 12 heteroatoms. The summed E-state index contributed by atoms with van der Waals surface area (Å²) in [5, 5.41) is 18.2. The van der Waals surface area contributed by atoms with Gasteiger partial charge in [0.15, 0.2) is 0 Å². The van der Waals surface area contributed by atoms with Crippen LogP contribution in [0.3, 0.4) is 0 Å². The minimum absolute atomic E-state index is 0. The van der Waals surface area contributed by atoms with Crippen LogP contribution in [-0.4, -0.2) is 139 Å². The molecular formula is C6H6K2O8S2. The molecule has 0 aromatic heterocycles. The summed E-state index contributed by atoms with van der Waals surface area (Å²) in [5.74, 6) is -2.24. The van der Waals surface area contributed by atoms with E-state index in [1.165, 1.54) is 0 Å². The summed E-state index contributed by atoms with van der Waals surface area (Å²) < 4.78 is 59.7. The van der Waals surface area contributed by atoms with E-state index in [0.717, 1.165) is 0 Å². The van der Waals surface area contributed by atoms with Gasteiger partial charge in [-0.25, -0.2) is 0 Å². The maximum atomic E-state index is 10.6. The first kappa shape index (κ1) is 22.2. The van der Waals surface area contributed by atoms with E-state index in [-0.39, 0.29) is 103 Å². The Bertz CT molecular complexity index is 578. The van der Waals surface area contributed by atoms with E-state index in [1.54, 1.807) is 0 Å². The number of rotatable bonds is 2. The van der Waals surface area contributed by atoms with Gasteiger partial charge in [0.2, 0.25) is 0 Å². The third kappa shape index (κ3) is 5.73. The van der Waals surface area contributed by atoms with E-state index in [1.807, 2.05) is 0 Å². The first-order chi connectivity index (χ1) is 7.03. The molecule has 1 rings (SSSR count). The normalized spacial score (nSPS) is 11.2. The molecule has 0 fully saturated rings. The molecule has 0 aliphatic rings. The minimum Gasteiger partial charge on any atom is -0.506 e. The topological polar surface area (TPSA) is 149 Å². The second-order valence-corrected chi connectivity index (χ2v) is 5.52. The van der Waals surface area contributed by atoms with Gasteiger partial charge in [-0.2, -0.15) is 16.8 Å². The summed E-state index contributed by atoms with van der Waals surface area (Å²) in [6, 6.07) is 0.599. The zero-order chi connectivity index (χ0) is 12.7. The van der Waals surface area contributed by atoms with Crippen molar-refractivity contribution in [2.75, 3.05) is 0 Å². The number of phenolic OH excluding ortho intramolecular Hbond substituents is 2. The SMILES string of the molecule is O=S(=O)(O)c1cc(O)c(S(=O)(=O)O)cc1O.[K].[K]. The van der Waals surface area contributed by atoms with E-state index < -0.39 is 41.5 Å².